The number of thioether (sulfide) groups is 1. The lowest BCUT2D eigenvalue weighted by Gasteiger charge is -2.21. The fourth-order valence-electron chi connectivity index (χ4n) is 2.52. The van der Waals surface area contributed by atoms with Gasteiger partial charge in [0.25, 0.3) is 0 Å². The highest BCUT2D eigenvalue weighted by molar-refractivity contribution is 8.12. The predicted molar refractivity (Wildman–Crippen MR) is 95.5 cm³/mol. The lowest BCUT2D eigenvalue weighted by molar-refractivity contribution is -0.0827. The van der Waals surface area contributed by atoms with Crippen LogP contribution in [0.15, 0.2) is 47.4 Å². The standard InChI is InChI=1S/C19H15F3O2S/c1-23-14-8-7-13(16(11-14)24-2)9-17-15-6-4-3-5-12(15)10-18(25-17)19(20,21)22/h3-11H,1-2H3/b17-9-. The lowest BCUT2D eigenvalue weighted by Crippen LogP contribution is -2.11. The molecule has 0 radical (unpaired) electrons. The third kappa shape index (κ3) is 3.69. The summed E-state index contributed by atoms with van der Waals surface area (Å²) in [6.07, 6.45) is -1.50. The molecule has 0 amide bonds. The third-order valence-corrected chi connectivity index (χ3v) is 4.87. The molecular formula is C19H15F3O2S. The van der Waals surface area contributed by atoms with Crippen LogP contribution in [0.2, 0.25) is 0 Å². The zero-order valence-corrected chi connectivity index (χ0v) is 14.4. The molecule has 2 aromatic rings. The van der Waals surface area contributed by atoms with Gasteiger partial charge in [-0.15, -0.1) is 0 Å². The summed E-state index contributed by atoms with van der Waals surface area (Å²) in [5.41, 5.74) is 2.00. The molecule has 0 aromatic heterocycles. The fraction of sp³-hybridized carbons (Fsp3) is 0.158. The number of ether oxygens (including phenoxy) is 2. The maximum absolute atomic E-state index is 13.2. The maximum atomic E-state index is 13.2. The number of fused-ring (bicyclic) bond motifs is 1. The van der Waals surface area contributed by atoms with E-state index in [1.54, 1.807) is 43.5 Å². The van der Waals surface area contributed by atoms with Crippen molar-refractivity contribution < 1.29 is 22.6 Å². The second-order valence-electron chi connectivity index (χ2n) is 5.31. The Kier molecular flexibility index (Phi) is 4.81. The monoisotopic (exact) mass is 364 g/mol. The summed E-state index contributed by atoms with van der Waals surface area (Å²) in [7, 11) is 3.06. The van der Waals surface area contributed by atoms with E-state index in [-0.39, 0.29) is 0 Å². The first-order valence-electron chi connectivity index (χ1n) is 7.42. The Morgan fingerprint density at radius 1 is 1.00 bits per heavy atom. The van der Waals surface area contributed by atoms with Gasteiger partial charge in [-0.2, -0.15) is 13.2 Å². The van der Waals surface area contributed by atoms with Gasteiger partial charge in [0, 0.05) is 16.5 Å². The topological polar surface area (TPSA) is 18.5 Å². The molecule has 3 rings (SSSR count). The highest BCUT2D eigenvalue weighted by Crippen LogP contribution is 2.49. The average molecular weight is 364 g/mol. The summed E-state index contributed by atoms with van der Waals surface area (Å²) in [4.78, 5) is -0.112. The van der Waals surface area contributed by atoms with Crippen LogP contribution in [0.1, 0.15) is 16.7 Å². The quantitative estimate of drug-likeness (QED) is 0.680. The molecule has 0 aliphatic carbocycles. The molecule has 0 N–H and O–H groups in total. The van der Waals surface area contributed by atoms with E-state index in [0.717, 1.165) is 5.56 Å². The van der Waals surface area contributed by atoms with Crippen LogP contribution < -0.4 is 9.47 Å². The summed E-state index contributed by atoms with van der Waals surface area (Å²) in [5, 5.41) is 0. The van der Waals surface area contributed by atoms with Gasteiger partial charge in [-0.25, -0.2) is 0 Å². The molecule has 130 valence electrons. The molecule has 0 bridgehead atoms. The average Bonchev–Trinajstić information content (AvgIpc) is 2.61. The van der Waals surface area contributed by atoms with Crippen molar-refractivity contribution in [1.29, 1.82) is 0 Å². The molecule has 2 aromatic carbocycles. The number of benzene rings is 2. The van der Waals surface area contributed by atoms with Gasteiger partial charge in [-0.3, -0.25) is 0 Å². The second kappa shape index (κ2) is 6.88. The zero-order valence-electron chi connectivity index (χ0n) is 13.6. The first kappa shape index (κ1) is 17.5. The van der Waals surface area contributed by atoms with E-state index in [1.165, 1.54) is 13.2 Å². The first-order valence-corrected chi connectivity index (χ1v) is 8.24. The Morgan fingerprint density at radius 3 is 2.44 bits per heavy atom. The van der Waals surface area contributed by atoms with Gasteiger partial charge in [0.15, 0.2) is 0 Å². The fourth-order valence-corrected chi connectivity index (χ4v) is 3.54. The number of halogens is 3. The largest absolute Gasteiger partial charge is 0.497 e. The Morgan fingerprint density at radius 2 is 1.76 bits per heavy atom. The van der Waals surface area contributed by atoms with Crippen LogP contribution in [0.3, 0.4) is 0 Å². The van der Waals surface area contributed by atoms with Crippen LogP contribution in [-0.4, -0.2) is 20.4 Å². The van der Waals surface area contributed by atoms with Crippen LogP contribution in [0.5, 0.6) is 11.5 Å². The van der Waals surface area contributed by atoms with E-state index in [9.17, 15) is 13.2 Å². The Labute approximate surface area is 148 Å². The van der Waals surface area contributed by atoms with Crippen molar-refractivity contribution in [3.05, 3.63) is 64.1 Å². The molecule has 0 fully saturated rings. The summed E-state index contributed by atoms with van der Waals surface area (Å²) < 4.78 is 50.2. The molecule has 0 saturated carbocycles. The second-order valence-corrected chi connectivity index (χ2v) is 6.40. The summed E-state index contributed by atoms with van der Waals surface area (Å²) in [6.45, 7) is 0. The molecule has 0 spiro atoms. The van der Waals surface area contributed by atoms with Gasteiger partial charge in [0.05, 0.1) is 19.1 Å². The van der Waals surface area contributed by atoms with E-state index in [0.29, 0.717) is 39.3 Å². The smallest absolute Gasteiger partial charge is 0.422 e. The number of rotatable bonds is 3. The predicted octanol–water partition coefficient (Wildman–Crippen LogP) is 5.85. The lowest BCUT2D eigenvalue weighted by atomic mass is 10.0. The Balaban J connectivity index is 2.11. The third-order valence-electron chi connectivity index (χ3n) is 3.74. The molecule has 1 heterocycles. The number of alkyl halides is 3. The molecule has 0 saturated heterocycles. The van der Waals surface area contributed by atoms with Gasteiger partial charge in [-0.1, -0.05) is 36.0 Å². The van der Waals surface area contributed by atoms with Crippen molar-refractivity contribution in [2.75, 3.05) is 14.2 Å². The summed E-state index contributed by atoms with van der Waals surface area (Å²) >= 11 is 0.716. The normalized spacial score (nSPS) is 15.6. The van der Waals surface area contributed by atoms with Crippen molar-refractivity contribution in [3.63, 3.8) is 0 Å². The molecule has 1 aliphatic rings. The van der Waals surface area contributed by atoms with Crippen LogP contribution in [-0.2, 0) is 0 Å². The van der Waals surface area contributed by atoms with Crippen LogP contribution in [0, 0.1) is 0 Å². The van der Waals surface area contributed by atoms with Crippen molar-refractivity contribution >= 4 is 28.8 Å². The Bertz CT molecular complexity index is 854. The van der Waals surface area contributed by atoms with Gasteiger partial charge < -0.3 is 9.47 Å². The van der Waals surface area contributed by atoms with Crippen LogP contribution in [0.25, 0.3) is 17.1 Å². The van der Waals surface area contributed by atoms with Crippen molar-refractivity contribution in [2.24, 2.45) is 0 Å². The van der Waals surface area contributed by atoms with Gasteiger partial charge in [-0.05, 0) is 35.4 Å². The molecule has 6 heteroatoms. The zero-order chi connectivity index (χ0) is 18.0. The van der Waals surface area contributed by atoms with Gasteiger partial charge >= 0.3 is 6.18 Å². The SMILES string of the molecule is COc1ccc(/C=C2\SC(C(F)(F)F)=Cc3ccccc32)c(OC)c1. The van der Waals surface area contributed by atoms with E-state index in [4.69, 9.17) is 9.47 Å². The van der Waals surface area contributed by atoms with E-state index >= 15 is 0 Å². The van der Waals surface area contributed by atoms with Crippen LogP contribution in [0.4, 0.5) is 13.2 Å². The minimum absolute atomic E-state index is 0.522. The van der Waals surface area contributed by atoms with E-state index < -0.39 is 11.1 Å². The highest BCUT2D eigenvalue weighted by atomic mass is 32.2. The molecule has 1 aliphatic heterocycles. The van der Waals surface area contributed by atoms with Gasteiger partial charge in [0.2, 0.25) is 0 Å². The van der Waals surface area contributed by atoms with Crippen molar-refractivity contribution in [3.8, 4) is 11.5 Å². The Hall–Kier alpha value is -2.34. The number of methoxy groups -OCH3 is 2. The minimum Gasteiger partial charge on any atom is -0.497 e. The molecule has 2 nitrogen and oxygen atoms in total. The van der Waals surface area contributed by atoms with E-state index in [1.807, 2.05) is 12.1 Å². The first-order chi connectivity index (χ1) is 11.9. The molecule has 0 atom stereocenters. The van der Waals surface area contributed by atoms with Crippen molar-refractivity contribution in [1.82, 2.24) is 0 Å². The van der Waals surface area contributed by atoms with Crippen molar-refractivity contribution in [2.45, 2.75) is 6.18 Å². The highest BCUT2D eigenvalue weighted by Gasteiger charge is 2.37. The number of hydrogen-bond acceptors (Lipinski definition) is 3. The van der Waals surface area contributed by atoms with Crippen LogP contribution >= 0.6 is 11.8 Å². The summed E-state index contributed by atoms with van der Waals surface area (Å²) in [6, 6.07) is 12.2. The van der Waals surface area contributed by atoms with Gasteiger partial charge in [0.1, 0.15) is 11.5 Å². The molecular weight excluding hydrogens is 349 g/mol. The molecule has 25 heavy (non-hydrogen) atoms. The van der Waals surface area contributed by atoms with E-state index in [2.05, 4.69) is 0 Å². The number of allylic oxidation sites excluding steroid dienone is 1. The minimum atomic E-state index is -4.39. The maximum Gasteiger partial charge on any atom is 0.422 e. The molecule has 0 unspecified atom stereocenters. The number of hydrogen-bond donors (Lipinski definition) is 0. The summed E-state index contributed by atoms with van der Waals surface area (Å²) in [5.74, 6) is 1.15.